The van der Waals surface area contributed by atoms with Crippen molar-refractivity contribution >= 4 is 23.7 Å². The number of ether oxygens (including phenoxy) is 1. The lowest BCUT2D eigenvalue weighted by Crippen LogP contribution is -2.43. The monoisotopic (exact) mass is 298 g/mol. The van der Waals surface area contributed by atoms with Gasteiger partial charge in [0.15, 0.2) is 0 Å². The van der Waals surface area contributed by atoms with Gasteiger partial charge in [0.25, 0.3) is 0 Å². The quantitative estimate of drug-likeness (QED) is 0.509. The molecule has 0 radical (unpaired) electrons. The van der Waals surface area contributed by atoms with Crippen molar-refractivity contribution in [1.82, 2.24) is 9.80 Å². The molecule has 0 bridgehead atoms. The molecule has 0 aromatic rings. The lowest BCUT2D eigenvalue weighted by atomic mass is 10.2. The van der Waals surface area contributed by atoms with E-state index in [1.807, 2.05) is 0 Å². The third-order valence-electron chi connectivity index (χ3n) is 3.78. The van der Waals surface area contributed by atoms with Gasteiger partial charge in [0.2, 0.25) is 17.7 Å². The maximum absolute atomic E-state index is 12.1. The molecule has 2 unspecified atom stereocenters. The Balaban J connectivity index is 1.94. The minimum Gasteiger partial charge on any atom is -0.467 e. The third-order valence-corrected chi connectivity index (χ3v) is 3.78. The average molecular weight is 298 g/mol. The first-order valence-electron chi connectivity index (χ1n) is 6.82. The Morgan fingerprint density at radius 1 is 1.29 bits per heavy atom. The molecule has 21 heavy (non-hydrogen) atoms. The normalized spacial score (nSPS) is 25.6. The van der Waals surface area contributed by atoms with E-state index in [1.54, 1.807) is 0 Å². The lowest BCUT2D eigenvalue weighted by Gasteiger charge is -2.23. The Hall–Kier alpha value is -1.96. The molecule has 2 heterocycles. The van der Waals surface area contributed by atoms with Crippen molar-refractivity contribution < 1.29 is 29.0 Å². The van der Waals surface area contributed by atoms with E-state index in [1.165, 1.54) is 12.0 Å². The van der Waals surface area contributed by atoms with Gasteiger partial charge in [0.05, 0.1) is 13.2 Å². The smallest absolute Gasteiger partial charge is 0.328 e. The molecule has 8 nitrogen and oxygen atoms in total. The van der Waals surface area contributed by atoms with Crippen LogP contribution >= 0.6 is 0 Å². The summed E-state index contributed by atoms with van der Waals surface area (Å²) in [5.41, 5.74) is 0. The van der Waals surface area contributed by atoms with Gasteiger partial charge in [-0.1, -0.05) is 0 Å². The molecule has 8 heteroatoms. The molecular formula is C13H18N2O6. The maximum Gasteiger partial charge on any atom is 0.328 e. The fraction of sp³-hybridized carbons (Fsp3) is 0.692. The highest BCUT2D eigenvalue weighted by atomic mass is 16.5. The van der Waals surface area contributed by atoms with Crippen LogP contribution in [0.4, 0.5) is 0 Å². The SMILES string of the molecule is COC(=O)C1CC(O)CN1C(=O)CCN1C(=O)CCC1=O. The molecule has 0 aromatic carbocycles. The fourth-order valence-electron chi connectivity index (χ4n) is 2.67. The number of nitrogens with zero attached hydrogens (tertiary/aromatic N) is 2. The second-order valence-electron chi connectivity index (χ2n) is 5.16. The highest BCUT2D eigenvalue weighted by molar-refractivity contribution is 6.02. The van der Waals surface area contributed by atoms with Crippen molar-refractivity contribution in [3.05, 3.63) is 0 Å². The first-order valence-corrected chi connectivity index (χ1v) is 6.82. The summed E-state index contributed by atoms with van der Waals surface area (Å²) in [6.07, 6.45) is -0.328. The van der Waals surface area contributed by atoms with Crippen LogP contribution in [0.2, 0.25) is 0 Å². The summed E-state index contributed by atoms with van der Waals surface area (Å²) in [6, 6.07) is -0.803. The summed E-state index contributed by atoms with van der Waals surface area (Å²) in [4.78, 5) is 49.0. The summed E-state index contributed by atoms with van der Waals surface area (Å²) in [5.74, 6) is -1.51. The summed E-state index contributed by atoms with van der Waals surface area (Å²) >= 11 is 0. The third kappa shape index (κ3) is 3.21. The zero-order chi connectivity index (χ0) is 15.6. The van der Waals surface area contributed by atoms with Crippen LogP contribution in [0.5, 0.6) is 0 Å². The number of rotatable bonds is 4. The second-order valence-corrected chi connectivity index (χ2v) is 5.16. The van der Waals surface area contributed by atoms with Gasteiger partial charge in [0, 0.05) is 38.8 Å². The van der Waals surface area contributed by atoms with Crippen molar-refractivity contribution in [3.8, 4) is 0 Å². The predicted molar refractivity (Wildman–Crippen MR) is 68.7 cm³/mol. The van der Waals surface area contributed by atoms with Gasteiger partial charge in [-0.25, -0.2) is 4.79 Å². The van der Waals surface area contributed by atoms with E-state index < -0.39 is 18.1 Å². The molecule has 0 aliphatic carbocycles. The van der Waals surface area contributed by atoms with Crippen LogP contribution in [0.1, 0.15) is 25.7 Å². The number of carbonyl (C=O) groups excluding carboxylic acids is 4. The second kappa shape index (κ2) is 6.21. The van der Waals surface area contributed by atoms with E-state index in [9.17, 15) is 24.3 Å². The lowest BCUT2D eigenvalue weighted by molar-refractivity contribution is -0.151. The van der Waals surface area contributed by atoms with Crippen molar-refractivity contribution in [2.24, 2.45) is 0 Å². The molecule has 2 aliphatic rings. The van der Waals surface area contributed by atoms with Crippen LogP contribution in [-0.2, 0) is 23.9 Å². The zero-order valence-electron chi connectivity index (χ0n) is 11.8. The number of imide groups is 1. The van der Waals surface area contributed by atoms with Gasteiger partial charge in [-0.2, -0.15) is 0 Å². The van der Waals surface area contributed by atoms with Gasteiger partial charge < -0.3 is 14.7 Å². The summed E-state index contributed by atoms with van der Waals surface area (Å²) in [7, 11) is 1.22. The standard InChI is InChI=1S/C13H18N2O6/c1-21-13(20)9-6-8(16)7-15(9)12(19)4-5-14-10(17)2-3-11(14)18/h8-9,16H,2-7H2,1H3. The molecule has 0 saturated carbocycles. The number of β-amino-alcohol motifs (C(OH)–C–C–N with tert-alkyl or cyclic N) is 1. The van der Waals surface area contributed by atoms with Crippen molar-refractivity contribution in [3.63, 3.8) is 0 Å². The van der Waals surface area contributed by atoms with Gasteiger partial charge in [-0.15, -0.1) is 0 Å². The number of esters is 1. The van der Waals surface area contributed by atoms with E-state index in [0.717, 1.165) is 4.90 Å². The Bertz CT molecular complexity index is 461. The molecule has 2 aliphatic heterocycles. The van der Waals surface area contributed by atoms with Crippen LogP contribution in [-0.4, -0.2) is 70.9 Å². The van der Waals surface area contributed by atoms with Gasteiger partial charge in [-0.3, -0.25) is 19.3 Å². The minimum absolute atomic E-state index is 0.0109. The Morgan fingerprint density at radius 2 is 1.90 bits per heavy atom. The largest absolute Gasteiger partial charge is 0.467 e. The minimum atomic E-state index is -0.803. The molecule has 1 N–H and O–H groups in total. The molecule has 2 rings (SSSR count). The van der Waals surface area contributed by atoms with Crippen molar-refractivity contribution in [2.45, 2.75) is 37.8 Å². The first kappa shape index (κ1) is 15.4. The fourth-order valence-corrected chi connectivity index (χ4v) is 2.67. The van der Waals surface area contributed by atoms with Gasteiger partial charge >= 0.3 is 5.97 Å². The van der Waals surface area contributed by atoms with Crippen molar-refractivity contribution in [1.29, 1.82) is 0 Å². The van der Waals surface area contributed by atoms with Crippen LogP contribution in [0.15, 0.2) is 0 Å². The van der Waals surface area contributed by atoms with E-state index in [0.29, 0.717) is 0 Å². The zero-order valence-corrected chi connectivity index (χ0v) is 11.8. The molecule has 3 amide bonds. The first-order chi connectivity index (χ1) is 9.93. The van der Waals surface area contributed by atoms with Crippen LogP contribution in [0, 0.1) is 0 Å². The van der Waals surface area contributed by atoms with E-state index in [2.05, 4.69) is 4.74 Å². The van der Waals surface area contributed by atoms with Crippen molar-refractivity contribution in [2.75, 3.05) is 20.2 Å². The van der Waals surface area contributed by atoms with E-state index in [-0.39, 0.29) is 56.5 Å². The van der Waals surface area contributed by atoms with Crippen LogP contribution in [0.3, 0.4) is 0 Å². The number of methoxy groups -OCH3 is 1. The Kier molecular flexibility index (Phi) is 4.56. The van der Waals surface area contributed by atoms with E-state index in [4.69, 9.17) is 0 Å². The van der Waals surface area contributed by atoms with Gasteiger partial charge in [0.1, 0.15) is 6.04 Å². The predicted octanol–water partition coefficient (Wildman–Crippen LogP) is -1.34. The summed E-state index contributed by atoms with van der Waals surface area (Å²) in [6.45, 7) is 0.0669. The van der Waals surface area contributed by atoms with Crippen LogP contribution in [0.25, 0.3) is 0 Å². The average Bonchev–Trinajstić information content (AvgIpc) is 2.99. The topological polar surface area (TPSA) is 104 Å². The molecule has 2 saturated heterocycles. The highest BCUT2D eigenvalue weighted by Gasteiger charge is 2.40. The molecule has 2 fully saturated rings. The number of likely N-dealkylation sites (tertiary alicyclic amines) is 2. The Labute approximate surface area is 121 Å². The maximum atomic E-state index is 12.1. The molecule has 2 atom stereocenters. The summed E-state index contributed by atoms with van der Waals surface area (Å²) in [5, 5.41) is 9.61. The van der Waals surface area contributed by atoms with Gasteiger partial charge in [-0.05, 0) is 0 Å². The number of aliphatic hydroxyl groups excluding tert-OH is 1. The highest BCUT2D eigenvalue weighted by Crippen LogP contribution is 2.20. The number of hydrogen-bond donors (Lipinski definition) is 1. The number of aliphatic hydroxyl groups is 1. The molecule has 116 valence electrons. The van der Waals surface area contributed by atoms with Crippen LogP contribution < -0.4 is 0 Å². The van der Waals surface area contributed by atoms with E-state index >= 15 is 0 Å². The molecular weight excluding hydrogens is 280 g/mol. The summed E-state index contributed by atoms with van der Waals surface area (Å²) < 4.78 is 4.61. The number of hydrogen-bond acceptors (Lipinski definition) is 6. The molecule has 0 spiro atoms. The number of carbonyl (C=O) groups is 4. The Morgan fingerprint density at radius 3 is 2.48 bits per heavy atom. The number of amides is 3. The molecule has 0 aromatic heterocycles.